The highest BCUT2D eigenvalue weighted by Crippen LogP contribution is 2.31. The third kappa shape index (κ3) is 5.67. The number of rotatable bonds is 6. The lowest BCUT2D eigenvalue weighted by Gasteiger charge is -2.05. The van der Waals surface area contributed by atoms with E-state index >= 15 is 0 Å². The number of phenolic OH excluding ortho intramolecular Hbond substituents is 1. The van der Waals surface area contributed by atoms with Gasteiger partial charge in [-0.2, -0.15) is 5.10 Å². The van der Waals surface area contributed by atoms with Gasteiger partial charge < -0.3 is 10.4 Å². The first kappa shape index (κ1) is 19.1. The zero-order chi connectivity index (χ0) is 18.4. The first-order valence-corrected chi connectivity index (χ1v) is 8.72. The van der Waals surface area contributed by atoms with Crippen LogP contribution in [0.3, 0.4) is 0 Å². The number of aromatic hydroxyl groups is 1. The van der Waals surface area contributed by atoms with Gasteiger partial charge in [-0.15, -0.1) is 0 Å². The number of carbonyl (C=O) groups excluding carboxylic acids is 1. The molecule has 0 saturated carbocycles. The Bertz CT molecular complexity index is 827. The zero-order valence-corrected chi connectivity index (χ0v) is 16.3. The summed E-state index contributed by atoms with van der Waals surface area (Å²) in [5, 5.41) is 27.3. The number of benzene rings is 2. The molecule has 0 bridgehead atoms. The summed E-state index contributed by atoms with van der Waals surface area (Å²) in [6.45, 7) is 0.00253. The fourth-order valence-electron chi connectivity index (χ4n) is 1.77. The van der Waals surface area contributed by atoms with E-state index in [1.807, 2.05) is 24.3 Å². The average Bonchev–Trinajstić information content (AvgIpc) is 2.57. The number of carbonyl (C=O) groups is 1. The summed E-state index contributed by atoms with van der Waals surface area (Å²) in [6, 6.07) is 9.83. The second-order valence-electron chi connectivity index (χ2n) is 4.78. The van der Waals surface area contributed by atoms with Crippen molar-refractivity contribution < 1.29 is 14.8 Å². The van der Waals surface area contributed by atoms with Gasteiger partial charge in [0.2, 0.25) is 0 Å². The highest BCUT2D eigenvalue weighted by Gasteiger charge is 2.13. The summed E-state index contributed by atoms with van der Waals surface area (Å²) in [6.07, 6.45) is 1.13. The second kappa shape index (κ2) is 8.76. The lowest BCUT2D eigenvalue weighted by atomic mass is 10.2. The van der Waals surface area contributed by atoms with Crippen molar-refractivity contribution in [2.45, 2.75) is 0 Å². The van der Waals surface area contributed by atoms with Crippen molar-refractivity contribution >= 4 is 62.0 Å². The van der Waals surface area contributed by atoms with Crippen molar-refractivity contribution in [3.8, 4) is 5.75 Å². The smallest absolute Gasteiger partial charge is 0.271 e. The molecule has 10 heteroatoms. The molecule has 0 spiro atoms. The molecule has 3 N–H and O–H groups in total. The monoisotopic (exact) mass is 518 g/mol. The Morgan fingerprint density at radius 2 is 2.04 bits per heavy atom. The molecule has 130 valence electrons. The minimum atomic E-state index is -0.592. The van der Waals surface area contributed by atoms with Crippen LogP contribution in [-0.4, -0.2) is 28.7 Å². The van der Waals surface area contributed by atoms with Crippen LogP contribution in [0.25, 0.3) is 0 Å². The fourth-order valence-corrected chi connectivity index (χ4v) is 2.60. The molecule has 1 amide bonds. The van der Waals surface area contributed by atoms with E-state index in [9.17, 15) is 20.0 Å². The van der Waals surface area contributed by atoms with Gasteiger partial charge in [0.1, 0.15) is 5.75 Å². The Kier molecular flexibility index (Phi) is 6.70. The van der Waals surface area contributed by atoms with E-state index in [1.165, 1.54) is 6.07 Å². The van der Waals surface area contributed by atoms with Gasteiger partial charge in [-0.05, 0) is 62.8 Å². The van der Waals surface area contributed by atoms with Crippen LogP contribution in [0, 0.1) is 13.7 Å². The molecule has 0 unspecified atom stereocenters. The third-order valence-corrected chi connectivity index (χ3v) is 4.30. The minimum Gasteiger partial charge on any atom is -0.506 e. The predicted octanol–water partition coefficient (Wildman–Crippen LogP) is 3.23. The molecule has 2 aromatic rings. The van der Waals surface area contributed by atoms with Gasteiger partial charge in [0.25, 0.3) is 11.6 Å². The quantitative estimate of drug-likeness (QED) is 0.235. The van der Waals surface area contributed by atoms with Crippen LogP contribution >= 0.6 is 38.5 Å². The number of anilines is 1. The van der Waals surface area contributed by atoms with Crippen LogP contribution in [0.15, 0.2) is 46.0 Å². The molecule has 0 saturated heterocycles. The lowest BCUT2D eigenvalue weighted by molar-refractivity contribution is -0.385. The number of amides is 1. The summed E-state index contributed by atoms with van der Waals surface area (Å²) in [7, 11) is 0. The molecular formula is C15H12BrIN4O4. The molecule has 25 heavy (non-hydrogen) atoms. The molecule has 0 aliphatic heterocycles. The molecule has 2 rings (SSSR count). The maximum Gasteiger partial charge on any atom is 0.271 e. The Balaban J connectivity index is 1.95. The van der Waals surface area contributed by atoms with Gasteiger partial charge in [-0.25, -0.2) is 5.43 Å². The van der Waals surface area contributed by atoms with Gasteiger partial charge in [-0.1, -0.05) is 0 Å². The lowest BCUT2D eigenvalue weighted by Crippen LogP contribution is -2.25. The molecule has 0 fully saturated rings. The van der Waals surface area contributed by atoms with E-state index < -0.39 is 10.8 Å². The molecule has 0 aliphatic rings. The number of nitro groups is 1. The molecule has 0 heterocycles. The first-order valence-electron chi connectivity index (χ1n) is 6.85. The average molecular weight is 519 g/mol. The van der Waals surface area contributed by atoms with Crippen molar-refractivity contribution in [1.82, 2.24) is 5.43 Å². The maximum absolute atomic E-state index is 11.7. The van der Waals surface area contributed by atoms with E-state index in [4.69, 9.17) is 0 Å². The van der Waals surface area contributed by atoms with Crippen molar-refractivity contribution in [1.29, 1.82) is 0 Å². The number of halogens is 2. The summed E-state index contributed by atoms with van der Waals surface area (Å²) in [5.41, 5.74) is 2.96. The molecule has 8 nitrogen and oxygen atoms in total. The van der Waals surface area contributed by atoms with Crippen molar-refractivity contribution in [2.24, 2.45) is 5.10 Å². The van der Waals surface area contributed by atoms with Crippen LogP contribution in [0.2, 0.25) is 0 Å². The maximum atomic E-state index is 11.7. The summed E-state index contributed by atoms with van der Waals surface area (Å²) >= 11 is 5.21. The van der Waals surface area contributed by atoms with Crippen LogP contribution < -0.4 is 10.7 Å². The van der Waals surface area contributed by atoms with E-state index in [1.54, 1.807) is 0 Å². The van der Waals surface area contributed by atoms with Crippen LogP contribution in [0.5, 0.6) is 5.75 Å². The molecule has 0 atom stereocenters. The topological polar surface area (TPSA) is 117 Å². The number of nitrogens with zero attached hydrogens (tertiary/aromatic N) is 2. The summed E-state index contributed by atoms with van der Waals surface area (Å²) in [5.74, 6) is -0.612. The largest absolute Gasteiger partial charge is 0.506 e. The Morgan fingerprint density at radius 1 is 1.36 bits per heavy atom. The van der Waals surface area contributed by atoms with Crippen molar-refractivity contribution in [3.05, 3.63) is 60.1 Å². The van der Waals surface area contributed by atoms with Gasteiger partial charge >= 0.3 is 0 Å². The van der Waals surface area contributed by atoms with Gasteiger partial charge in [0.15, 0.2) is 0 Å². The number of nitro benzene ring substituents is 1. The van der Waals surface area contributed by atoms with E-state index in [-0.39, 0.29) is 28.0 Å². The standard InChI is InChI=1S/C15H12BrIN4O4/c16-13-6-12(21(24)25)5-9(15(13)23)7-19-20-14(22)8-18-11-3-1-10(17)2-4-11/h1-7,18,23H,8H2,(H,20,22)/b19-7-. The number of hydrogen-bond donors (Lipinski definition) is 3. The van der Waals surface area contributed by atoms with Crippen LogP contribution in [0.4, 0.5) is 11.4 Å². The van der Waals surface area contributed by atoms with Gasteiger partial charge in [0, 0.05) is 27.0 Å². The number of hydrogen-bond acceptors (Lipinski definition) is 6. The predicted molar refractivity (Wildman–Crippen MR) is 106 cm³/mol. The molecule has 2 aromatic carbocycles. The van der Waals surface area contributed by atoms with Gasteiger partial charge in [-0.3, -0.25) is 14.9 Å². The molecule has 0 aromatic heterocycles. The molecule has 0 aliphatic carbocycles. The highest BCUT2D eigenvalue weighted by atomic mass is 127. The Labute approximate surface area is 164 Å². The number of non-ortho nitro benzene ring substituents is 1. The zero-order valence-electron chi connectivity index (χ0n) is 12.6. The van der Waals surface area contributed by atoms with E-state index in [0.717, 1.165) is 21.5 Å². The SMILES string of the molecule is O=C(CNc1ccc(I)cc1)N/N=C\c1cc([N+](=O)[O-])cc(Br)c1O. The number of phenols is 1. The van der Waals surface area contributed by atoms with Gasteiger partial charge in [0.05, 0.1) is 22.2 Å². The van der Waals surface area contributed by atoms with Crippen molar-refractivity contribution in [3.63, 3.8) is 0 Å². The van der Waals surface area contributed by atoms with Crippen LogP contribution in [0.1, 0.15) is 5.56 Å². The molecular weight excluding hydrogens is 507 g/mol. The second-order valence-corrected chi connectivity index (χ2v) is 6.88. The normalized spacial score (nSPS) is 10.6. The number of nitrogens with one attached hydrogen (secondary N) is 2. The Hall–Kier alpha value is -2.21. The summed E-state index contributed by atoms with van der Waals surface area (Å²) in [4.78, 5) is 22.0. The van der Waals surface area contributed by atoms with Crippen molar-refractivity contribution in [2.75, 3.05) is 11.9 Å². The Morgan fingerprint density at radius 3 is 2.68 bits per heavy atom. The van der Waals surface area contributed by atoms with E-state index in [0.29, 0.717) is 0 Å². The fraction of sp³-hybridized carbons (Fsp3) is 0.0667. The minimum absolute atomic E-state index is 0.00253. The summed E-state index contributed by atoms with van der Waals surface area (Å²) < 4.78 is 1.25. The van der Waals surface area contributed by atoms with E-state index in [2.05, 4.69) is 54.4 Å². The molecule has 0 radical (unpaired) electrons. The third-order valence-electron chi connectivity index (χ3n) is 2.98. The first-order chi connectivity index (χ1) is 11.9. The number of hydrazone groups is 1. The highest BCUT2D eigenvalue weighted by molar-refractivity contribution is 14.1. The van der Waals surface area contributed by atoms with Crippen LogP contribution in [-0.2, 0) is 4.79 Å².